The van der Waals surface area contributed by atoms with Gasteiger partial charge in [-0.05, 0) is 54.7 Å². The molecule has 1 aliphatic heterocycles. The van der Waals surface area contributed by atoms with Gasteiger partial charge in [0.05, 0.1) is 0 Å². The van der Waals surface area contributed by atoms with E-state index in [9.17, 15) is 0 Å². The van der Waals surface area contributed by atoms with Gasteiger partial charge in [-0.2, -0.15) is 11.8 Å². The third kappa shape index (κ3) is 3.04. The Bertz CT molecular complexity index is 415. The average Bonchev–Trinajstić information content (AvgIpc) is 2.79. The highest BCUT2D eigenvalue weighted by Gasteiger charge is 2.22. The van der Waals surface area contributed by atoms with Crippen LogP contribution in [0.5, 0.6) is 0 Å². The highest BCUT2D eigenvalue weighted by molar-refractivity contribution is 7.99. The Hall–Kier alpha value is -0.180. The van der Waals surface area contributed by atoms with E-state index < -0.39 is 0 Å². The lowest BCUT2D eigenvalue weighted by Gasteiger charge is -2.23. The molecule has 1 aliphatic carbocycles. The zero-order chi connectivity index (χ0) is 12.4. The van der Waals surface area contributed by atoms with E-state index in [2.05, 4.69) is 29.2 Å². The zero-order valence-electron chi connectivity index (χ0n) is 10.6. The maximum absolute atomic E-state index is 6.05. The van der Waals surface area contributed by atoms with Gasteiger partial charge in [-0.1, -0.05) is 24.1 Å². The average molecular weight is 282 g/mol. The second-order valence-electron chi connectivity index (χ2n) is 5.42. The predicted octanol–water partition coefficient (Wildman–Crippen LogP) is 3.68. The van der Waals surface area contributed by atoms with Crippen LogP contribution in [0, 0.1) is 0 Å². The van der Waals surface area contributed by atoms with Gasteiger partial charge in [0.1, 0.15) is 0 Å². The molecule has 2 aliphatic rings. The van der Waals surface area contributed by atoms with Crippen molar-refractivity contribution in [1.82, 2.24) is 5.32 Å². The molecule has 0 bridgehead atoms. The molecule has 3 heteroatoms. The van der Waals surface area contributed by atoms with Crippen molar-refractivity contribution < 1.29 is 0 Å². The van der Waals surface area contributed by atoms with E-state index in [0.717, 1.165) is 16.7 Å². The van der Waals surface area contributed by atoms with Crippen LogP contribution in [0.2, 0.25) is 5.02 Å². The molecule has 1 nitrogen and oxygen atoms in total. The molecule has 1 aromatic carbocycles. The minimum Gasteiger partial charge on any atom is -0.312 e. The minimum atomic E-state index is 0.626. The summed E-state index contributed by atoms with van der Waals surface area (Å²) in [7, 11) is 0. The lowest BCUT2D eigenvalue weighted by molar-refractivity contribution is 0.510. The third-order valence-corrected chi connectivity index (χ3v) is 5.64. The van der Waals surface area contributed by atoms with E-state index in [4.69, 9.17) is 11.6 Å². The zero-order valence-corrected chi connectivity index (χ0v) is 12.2. The molecule has 1 fully saturated rings. The fourth-order valence-corrected chi connectivity index (χ4v) is 4.44. The summed E-state index contributed by atoms with van der Waals surface area (Å²) >= 11 is 8.20. The molecule has 18 heavy (non-hydrogen) atoms. The molecule has 0 radical (unpaired) electrons. The van der Waals surface area contributed by atoms with Crippen LogP contribution in [-0.4, -0.2) is 23.6 Å². The number of hydrogen-bond acceptors (Lipinski definition) is 2. The van der Waals surface area contributed by atoms with Gasteiger partial charge in [-0.3, -0.25) is 0 Å². The van der Waals surface area contributed by atoms with Gasteiger partial charge in [0, 0.05) is 22.9 Å². The van der Waals surface area contributed by atoms with Crippen LogP contribution in [0.15, 0.2) is 18.2 Å². The molecule has 2 atom stereocenters. The van der Waals surface area contributed by atoms with E-state index in [0.29, 0.717) is 6.04 Å². The second-order valence-corrected chi connectivity index (χ2v) is 7.26. The summed E-state index contributed by atoms with van der Waals surface area (Å²) in [5.41, 5.74) is 2.92. The number of thioether (sulfide) groups is 1. The van der Waals surface area contributed by atoms with Crippen molar-refractivity contribution in [2.45, 2.75) is 43.4 Å². The Kier molecular flexibility index (Phi) is 4.17. The van der Waals surface area contributed by atoms with Crippen LogP contribution in [0.3, 0.4) is 0 Å². The fraction of sp³-hybridized carbons (Fsp3) is 0.600. The molecule has 1 heterocycles. The number of halogens is 1. The first-order valence-electron chi connectivity index (χ1n) is 6.93. The van der Waals surface area contributed by atoms with Crippen LogP contribution < -0.4 is 5.32 Å². The summed E-state index contributed by atoms with van der Waals surface area (Å²) in [4.78, 5) is 0. The van der Waals surface area contributed by atoms with Gasteiger partial charge in [-0.15, -0.1) is 0 Å². The van der Waals surface area contributed by atoms with Crippen molar-refractivity contribution in [1.29, 1.82) is 0 Å². The maximum Gasteiger partial charge on any atom is 0.0408 e. The monoisotopic (exact) mass is 281 g/mol. The number of rotatable bonds is 3. The second kappa shape index (κ2) is 5.85. The van der Waals surface area contributed by atoms with Crippen molar-refractivity contribution >= 4 is 23.4 Å². The van der Waals surface area contributed by atoms with Crippen molar-refractivity contribution in [3.63, 3.8) is 0 Å². The SMILES string of the molecule is Clc1ccc2c(c1)CC(NCC1CCCCS1)C2. The predicted molar refractivity (Wildman–Crippen MR) is 80.7 cm³/mol. The van der Waals surface area contributed by atoms with Crippen molar-refractivity contribution in [3.8, 4) is 0 Å². The minimum absolute atomic E-state index is 0.626. The number of hydrogen-bond donors (Lipinski definition) is 1. The van der Waals surface area contributed by atoms with Gasteiger partial charge < -0.3 is 5.32 Å². The largest absolute Gasteiger partial charge is 0.312 e. The Morgan fingerprint density at radius 1 is 1.22 bits per heavy atom. The third-order valence-electron chi connectivity index (χ3n) is 4.01. The molecule has 1 saturated heterocycles. The van der Waals surface area contributed by atoms with Gasteiger partial charge in [0.2, 0.25) is 0 Å². The molecule has 1 N–H and O–H groups in total. The van der Waals surface area contributed by atoms with Gasteiger partial charge in [0.15, 0.2) is 0 Å². The summed E-state index contributed by atoms with van der Waals surface area (Å²) in [6, 6.07) is 6.96. The summed E-state index contributed by atoms with van der Waals surface area (Å²) < 4.78 is 0. The van der Waals surface area contributed by atoms with E-state index >= 15 is 0 Å². The number of benzene rings is 1. The van der Waals surface area contributed by atoms with Gasteiger partial charge >= 0.3 is 0 Å². The van der Waals surface area contributed by atoms with Crippen molar-refractivity contribution in [3.05, 3.63) is 34.3 Å². The Labute approximate surface area is 119 Å². The Balaban J connectivity index is 1.51. The van der Waals surface area contributed by atoms with E-state index in [1.54, 1.807) is 0 Å². The van der Waals surface area contributed by atoms with Crippen molar-refractivity contribution in [2.75, 3.05) is 12.3 Å². The molecule has 98 valence electrons. The summed E-state index contributed by atoms with van der Waals surface area (Å²) in [5, 5.41) is 5.47. The normalized spacial score (nSPS) is 27.2. The van der Waals surface area contributed by atoms with Gasteiger partial charge in [-0.25, -0.2) is 0 Å². The standard InChI is InChI=1S/C15H20ClNS/c16-13-5-4-11-8-14(9-12(11)7-13)17-10-15-3-1-2-6-18-15/h4-5,7,14-15,17H,1-3,6,8-10H2. The van der Waals surface area contributed by atoms with Crippen LogP contribution in [0.1, 0.15) is 30.4 Å². The molecule has 3 rings (SSSR count). The lowest BCUT2D eigenvalue weighted by Crippen LogP contribution is -2.35. The topological polar surface area (TPSA) is 12.0 Å². The Morgan fingerprint density at radius 2 is 2.11 bits per heavy atom. The summed E-state index contributed by atoms with van der Waals surface area (Å²) in [5.74, 6) is 1.35. The van der Waals surface area contributed by atoms with E-state index in [1.807, 2.05) is 6.07 Å². The molecular weight excluding hydrogens is 262 g/mol. The highest BCUT2D eigenvalue weighted by Crippen LogP contribution is 2.27. The number of nitrogens with one attached hydrogen (secondary N) is 1. The number of fused-ring (bicyclic) bond motifs is 1. The Morgan fingerprint density at radius 3 is 2.94 bits per heavy atom. The summed E-state index contributed by atoms with van der Waals surface area (Å²) in [6.07, 6.45) is 6.54. The molecule has 0 aromatic heterocycles. The first-order valence-corrected chi connectivity index (χ1v) is 8.36. The van der Waals surface area contributed by atoms with E-state index in [1.165, 1.54) is 49.1 Å². The van der Waals surface area contributed by atoms with Crippen molar-refractivity contribution in [2.24, 2.45) is 0 Å². The quantitative estimate of drug-likeness (QED) is 0.907. The lowest BCUT2D eigenvalue weighted by atomic mass is 10.1. The maximum atomic E-state index is 6.05. The first kappa shape index (κ1) is 12.8. The fourth-order valence-electron chi connectivity index (χ4n) is 3.00. The molecule has 0 spiro atoms. The highest BCUT2D eigenvalue weighted by atomic mass is 35.5. The van der Waals surface area contributed by atoms with Crippen LogP contribution >= 0.6 is 23.4 Å². The molecular formula is C15H20ClNS. The smallest absolute Gasteiger partial charge is 0.0408 e. The molecule has 0 saturated carbocycles. The van der Waals surface area contributed by atoms with Gasteiger partial charge in [0.25, 0.3) is 0 Å². The molecule has 1 aromatic rings. The van der Waals surface area contributed by atoms with Crippen LogP contribution in [0.4, 0.5) is 0 Å². The van der Waals surface area contributed by atoms with Crippen LogP contribution in [0.25, 0.3) is 0 Å². The first-order chi connectivity index (χ1) is 8.81. The van der Waals surface area contributed by atoms with E-state index in [-0.39, 0.29) is 0 Å². The van der Waals surface area contributed by atoms with Crippen LogP contribution in [-0.2, 0) is 12.8 Å². The summed E-state index contributed by atoms with van der Waals surface area (Å²) in [6.45, 7) is 1.18. The molecule has 2 unspecified atom stereocenters. The molecule has 0 amide bonds.